The van der Waals surface area contributed by atoms with Gasteiger partial charge in [-0.1, -0.05) is 30.3 Å². The summed E-state index contributed by atoms with van der Waals surface area (Å²) in [6.45, 7) is 0. The Labute approximate surface area is 208 Å². The SMILES string of the molecule is COc1cc(OC)c(C2C(NC(=O)c3ccccc3)C(=O)NC3=Nc4ccccc4NC32)cc1OC. The number of benzene rings is 3. The van der Waals surface area contributed by atoms with E-state index < -0.39 is 18.0 Å². The van der Waals surface area contributed by atoms with Crippen LogP contribution in [0.3, 0.4) is 0 Å². The van der Waals surface area contributed by atoms with Gasteiger partial charge < -0.3 is 30.2 Å². The molecule has 3 aromatic rings. The summed E-state index contributed by atoms with van der Waals surface area (Å²) < 4.78 is 16.7. The number of methoxy groups -OCH3 is 3. The first-order chi connectivity index (χ1) is 17.5. The van der Waals surface area contributed by atoms with Crippen LogP contribution in [0.2, 0.25) is 0 Å². The molecule has 5 rings (SSSR count). The first kappa shape index (κ1) is 23.2. The van der Waals surface area contributed by atoms with Crippen molar-refractivity contribution in [2.75, 3.05) is 26.6 Å². The topological polar surface area (TPSA) is 110 Å². The Hall–Kier alpha value is -4.53. The lowest BCUT2D eigenvalue weighted by Gasteiger charge is -2.42. The molecule has 1 fully saturated rings. The number of fused-ring (bicyclic) bond motifs is 2. The van der Waals surface area contributed by atoms with Crippen molar-refractivity contribution in [3.8, 4) is 17.2 Å². The molecule has 0 aliphatic carbocycles. The lowest BCUT2D eigenvalue weighted by molar-refractivity contribution is -0.122. The largest absolute Gasteiger partial charge is 0.496 e. The molecule has 0 radical (unpaired) electrons. The molecule has 9 nitrogen and oxygen atoms in total. The molecule has 3 atom stereocenters. The van der Waals surface area contributed by atoms with Crippen molar-refractivity contribution in [3.05, 3.63) is 77.9 Å². The van der Waals surface area contributed by atoms with E-state index in [1.807, 2.05) is 30.3 Å². The maximum Gasteiger partial charge on any atom is 0.251 e. The van der Waals surface area contributed by atoms with E-state index in [4.69, 9.17) is 19.2 Å². The van der Waals surface area contributed by atoms with Gasteiger partial charge in [-0.2, -0.15) is 0 Å². The highest BCUT2D eigenvalue weighted by Gasteiger charge is 2.47. The van der Waals surface area contributed by atoms with Crippen LogP contribution in [0.1, 0.15) is 21.8 Å². The molecule has 2 heterocycles. The van der Waals surface area contributed by atoms with Crippen LogP contribution in [0.15, 0.2) is 71.7 Å². The third kappa shape index (κ3) is 4.08. The molecule has 2 amide bonds. The predicted octanol–water partition coefficient (Wildman–Crippen LogP) is 3.25. The Morgan fingerprint density at radius 2 is 1.56 bits per heavy atom. The van der Waals surface area contributed by atoms with Gasteiger partial charge in [-0.05, 0) is 30.3 Å². The molecule has 2 aliphatic rings. The molecule has 9 heteroatoms. The van der Waals surface area contributed by atoms with Gasteiger partial charge in [0.2, 0.25) is 5.91 Å². The normalized spacial score (nSPS) is 20.0. The van der Waals surface area contributed by atoms with Gasteiger partial charge in [0, 0.05) is 23.1 Å². The highest BCUT2D eigenvalue weighted by Crippen LogP contribution is 2.44. The Bertz CT molecular complexity index is 1340. The molecule has 2 aliphatic heterocycles. The number of ether oxygens (including phenoxy) is 3. The molecule has 0 saturated carbocycles. The van der Waals surface area contributed by atoms with Crippen molar-refractivity contribution >= 4 is 29.0 Å². The van der Waals surface area contributed by atoms with Crippen LogP contribution in [0.5, 0.6) is 17.2 Å². The lowest BCUT2D eigenvalue weighted by atomic mass is 9.79. The van der Waals surface area contributed by atoms with E-state index in [0.29, 0.717) is 39.9 Å². The van der Waals surface area contributed by atoms with Gasteiger partial charge in [0.15, 0.2) is 11.5 Å². The van der Waals surface area contributed by atoms with Crippen LogP contribution in [0.25, 0.3) is 0 Å². The minimum absolute atomic E-state index is 0.364. The molecule has 0 bridgehead atoms. The van der Waals surface area contributed by atoms with Gasteiger partial charge in [0.05, 0.1) is 38.7 Å². The fourth-order valence-corrected chi connectivity index (χ4v) is 4.70. The summed E-state index contributed by atoms with van der Waals surface area (Å²) in [4.78, 5) is 31.3. The van der Waals surface area contributed by atoms with Crippen LogP contribution >= 0.6 is 0 Å². The van der Waals surface area contributed by atoms with Crippen molar-refractivity contribution in [3.63, 3.8) is 0 Å². The number of carbonyl (C=O) groups excluding carboxylic acids is 2. The second-order valence-electron chi connectivity index (χ2n) is 8.42. The number of hydrogen-bond acceptors (Lipinski definition) is 7. The zero-order valence-electron chi connectivity index (χ0n) is 20.1. The molecule has 3 aromatic carbocycles. The molecular weight excluding hydrogens is 460 g/mol. The zero-order valence-corrected chi connectivity index (χ0v) is 20.1. The molecule has 0 aromatic heterocycles. The van der Waals surface area contributed by atoms with Crippen molar-refractivity contribution < 1.29 is 23.8 Å². The number of para-hydroxylation sites is 2. The van der Waals surface area contributed by atoms with Crippen molar-refractivity contribution in [2.45, 2.75) is 18.0 Å². The summed E-state index contributed by atoms with van der Waals surface area (Å²) >= 11 is 0. The summed E-state index contributed by atoms with van der Waals surface area (Å²) in [7, 11) is 4.63. The second kappa shape index (κ2) is 9.61. The standard InChI is InChI=1S/C27H26N4O5/c1-34-19-14-21(36-3)20(35-2)13-16(19)22-23-25(29-18-12-8-7-11-17(18)28-23)31-27(33)24(22)30-26(32)15-9-5-4-6-10-15/h4-14,22-24,28H,1-3H3,(H,30,32)(H,29,31,33). The number of piperidine rings is 1. The maximum absolute atomic E-state index is 13.5. The van der Waals surface area contributed by atoms with E-state index in [9.17, 15) is 9.59 Å². The zero-order chi connectivity index (χ0) is 25.2. The molecule has 3 unspecified atom stereocenters. The van der Waals surface area contributed by atoms with Gasteiger partial charge in [-0.3, -0.25) is 9.59 Å². The monoisotopic (exact) mass is 486 g/mol. The van der Waals surface area contributed by atoms with Crippen molar-refractivity contribution in [1.29, 1.82) is 0 Å². The van der Waals surface area contributed by atoms with E-state index >= 15 is 0 Å². The number of anilines is 1. The summed E-state index contributed by atoms with van der Waals surface area (Å²) in [5.74, 6) is 0.584. The lowest BCUT2D eigenvalue weighted by Crippen LogP contribution is -2.64. The molecule has 1 saturated heterocycles. The van der Waals surface area contributed by atoms with E-state index in [-0.39, 0.29) is 11.8 Å². The summed E-state index contributed by atoms with van der Waals surface area (Å²) in [6.07, 6.45) is 0. The quantitative estimate of drug-likeness (QED) is 0.494. The van der Waals surface area contributed by atoms with E-state index in [1.165, 1.54) is 7.11 Å². The summed E-state index contributed by atoms with van der Waals surface area (Å²) in [5, 5.41) is 9.33. The highest BCUT2D eigenvalue weighted by atomic mass is 16.5. The van der Waals surface area contributed by atoms with Crippen molar-refractivity contribution in [1.82, 2.24) is 10.6 Å². The fourth-order valence-electron chi connectivity index (χ4n) is 4.70. The number of nitrogens with one attached hydrogen (secondary N) is 3. The average Bonchev–Trinajstić information content (AvgIpc) is 2.92. The number of amides is 2. The Balaban J connectivity index is 1.64. The van der Waals surface area contributed by atoms with Gasteiger partial charge in [0.25, 0.3) is 5.91 Å². The van der Waals surface area contributed by atoms with Gasteiger partial charge >= 0.3 is 0 Å². The summed E-state index contributed by atoms with van der Waals surface area (Å²) in [5.41, 5.74) is 2.64. The van der Waals surface area contributed by atoms with Gasteiger partial charge in [0.1, 0.15) is 17.6 Å². The number of carbonyl (C=O) groups is 2. The number of aliphatic imine (C=N–C) groups is 1. The minimum atomic E-state index is -0.939. The van der Waals surface area contributed by atoms with Crippen LogP contribution in [-0.2, 0) is 4.79 Å². The number of nitrogens with zero attached hydrogens (tertiary/aromatic N) is 1. The van der Waals surface area contributed by atoms with Crippen molar-refractivity contribution in [2.24, 2.45) is 4.99 Å². The fraction of sp³-hybridized carbons (Fsp3) is 0.222. The highest BCUT2D eigenvalue weighted by molar-refractivity contribution is 6.12. The van der Waals surface area contributed by atoms with Crippen LogP contribution in [0, 0.1) is 0 Å². The Morgan fingerprint density at radius 3 is 2.28 bits per heavy atom. The van der Waals surface area contributed by atoms with Crippen LogP contribution in [0.4, 0.5) is 11.4 Å². The third-order valence-electron chi connectivity index (χ3n) is 6.42. The number of amidine groups is 1. The molecule has 0 spiro atoms. The number of rotatable bonds is 6. The second-order valence-corrected chi connectivity index (χ2v) is 8.42. The number of hydrogen-bond donors (Lipinski definition) is 3. The van der Waals surface area contributed by atoms with E-state index in [1.54, 1.807) is 50.6 Å². The smallest absolute Gasteiger partial charge is 0.251 e. The van der Waals surface area contributed by atoms with Gasteiger partial charge in [-0.15, -0.1) is 0 Å². The van der Waals surface area contributed by atoms with Crippen LogP contribution in [-0.4, -0.2) is 51.1 Å². The molecule has 3 N–H and O–H groups in total. The molecule has 36 heavy (non-hydrogen) atoms. The van der Waals surface area contributed by atoms with E-state index in [2.05, 4.69) is 16.0 Å². The van der Waals surface area contributed by atoms with E-state index in [0.717, 1.165) is 5.69 Å². The maximum atomic E-state index is 13.5. The predicted molar refractivity (Wildman–Crippen MR) is 136 cm³/mol. The summed E-state index contributed by atoms with van der Waals surface area (Å²) in [6, 6.07) is 18.4. The van der Waals surface area contributed by atoms with Gasteiger partial charge in [-0.25, -0.2) is 4.99 Å². The third-order valence-corrected chi connectivity index (χ3v) is 6.42. The molecular formula is C27H26N4O5. The Kier molecular flexibility index (Phi) is 6.20. The molecule has 184 valence electrons. The first-order valence-electron chi connectivity index (χ1n) is 11.4. The van der Waals surface area contributed by atoms with Crippen LogP contribution < -0.4 is 30.2 Å². The minimum Gasteiger partial charge on any atom is -0.496 e. The first-order valence-corrected chi connectivity index (χ1v) is 11.4. The average molecular weight is 487 g/mol. The Morgan fingerprint density at radius 1 is 0.889 bits per heavy atom.